The zero-order valence-corrected chi connectivity index (χ0v) is 11.7. The average molecular weight is 250 g/mol. The van der Waals surface area contributed by atoms with Gasteiger partial charge >= 0.3 is 0 Å². The Balaban J connectivity index is 1.79. The maximum Gasteiger partial charge on any atom is 0.192 e. The van der Waals surface area contributed by atoms with Gasteiger partial charge in [0.15, 0.2) is 5.96 Å². The van der Waals surface area contributed by atoms with Crippen LogP contribution in [0.1, 0.15) is 46.0 Å². The summed E-state index contributed by atoms with van der Waals surface area (Å²) >= 11 is 0. The molecular formula is C14H26N4. The Morgan fingerprint density at radius 1 is 1.33 bits per heavy atom. The molecule has 1 saturated carbocycles. The first-order valence-corrected chi connectivity index (χ1v) is 7.46. The summed E-state index contributed by atoms with van der Waals surface area (Å²) in [5, 5.41) is 0. The normalized spacial score (nSPS) is 34.2. The Labute approximate surface area is 110 Å². The lowest BCUT2D eigenvalue weighted by molar-refractivity contribution is 0.142. The number of guanidine groups is 1. The van der Waals surface area contributed by atoms with E-state index in [1.165, 1.54) is 38.6 Å². The van der Waals surface area contributed by atoms with E-state index < -0.39 is 0 Å². The molecule has 4 nitrogen and oxygen atoms in total. The number of likely N-dealkylation sites (tertiary alicyclic amines) is 1. The second-order valence-electron chi connectivity index (χ2n) is 6.52. The molecule has 2 N–H and O–H groups in total. The van der Waals surface area contributed by atoms with Gasteiger partial charge in [0.1, 0.15) is 0 Å². The molecule has 1 unspecified atom stereocenters. The monoisotopic (exact) mass is 250 g/mol. The number of hydrogen-bond donors (Lipinski definition) is 1. The number of rotatable bonds is 2. The highest BCUT2D eigenvalue weighted by atomic mass is 15.4. The van der Waals surface area contributed by atoms with Crippen LogP contribution in [0.2, 0.25) is 0 Å². The van der Waals surface area contributed by atoms with E-state index >= 15 is 0 Å². The fourth-order valence-corrected chi connectivity index (χ4v) is 4.01. The Kier molecular flexibility index (Phi) is 3.00. The maximum absolute atomic E-state index is 6.19. The van der Waals surface area contributed by atoms with E-state index in [0.29, 0.717) is 12.1 Å². The largest absolute Gasteiger partial charge is 0.370 e. The number of aliphatic imine (C=N–C) groups is 1. The van der Waals surface area contributed by atoms with Crippen molar-refractivity contribution in [2.24, 2.45) is 10.7 Å². The molecule has 1 atom stereocenters. The SMILES string of the molecule is CC(C)N1CCC2(CN=C(N)N2C2CCCC2)C1. The van der Waals surface area contributed by atoms with Gasteiger partial charge in [-0.05, 0) is 33.1 Å². The van der Waals surface area contributed by atoms with Crippen molar-refractivity contribution in [2.75, 3.05) is 19.6 Å². The van der Waals surface area contributed by atoms with Crippen molar-refractivity contribution in [3.05, 3.63) is 0 Å². The van der Waals surface area contributed by atoms with Gasteiger partial charge in [-0.2, -0.15) is 0 Å². The van der Waals surface area contributed by atoms with Gasteiger partial charge in [0.25, 0.3) is 0 Å². The molecule has 0 aromatic rings. The van der Waals surface area contributed by atoms with Crippen molar-refractivity contribution in [1.29, 1.82) is 0 Å². The topological polar surface area (TPSA) is 44.9 Å². The van der Waals surface area contributed by atoms with Crippen molar-refractivity contribution in [3.63, 3.8) is 0 Å². The summed E-state index contributed by atoms with van der Waals surface area (Å²) in [6, 6.07) is 1.29. The van der Waals surface area contributed by atoms with Crippen LogP contribution in [0.5, 0.6) is 0 Å². The lowest BCUT2D eigenvalue weighted by Crippen LogP contribution is -2.57. The molecule has 0 aromatic carbocycles. The van der Waals surface area contributed by atoms with Gasteiger partial charge in [-0.15, -0.1) is 0 Å². The number of nitrogens with two attached hydrogens (primary N) is 1. The van der Waals surface area contributed by atoms with Gasteiger partial charge in [-0.25, -0.2) is 0 Å². The van der Waals surface area contributed by atoms with Crippen LogP contribution in [0.15, 0.2) is 4.99 Å². The fraction of sp³-hybridized carbons (Fsp3) is 0.929. The van der Waals surface area contributed by atoms with E-state index in [2.05, 4.69) is 28.6 Å². The minimum Gasteiger partial charge on any atom is -0.370 e. The standard InChI is InChI=1S/C14H26N4/c1-11(2)17-8-7-14(10-17)9-16-13(15)18(14)12-5-3-4-6-12/h11-12H,3-10H2,1-2H3,(H2,15,16). The molecule has 18 heavy (non-hydrogen) atoms. The summed E-state index contributed by atoms with van der Waals surface area (Å²) in [7, 11) is 0. The minimum atomic E-state index is 0.226. The van der Waals surface area contributed by atoms with Crippen LogP contribution in [0, 0.1) is 0 Å². The first-order chi connectivity index (χ1) is 8.62. The maximum atomic E-state index is 6.19. The van der Waals surface area contributed by atoms with Crippen LogP contribution in [0.25, 0.3) is 0 Å². The van der Waals surface area contributed by atoms with Crippen LogP contribution >= 0.6 is 0 Å². The third-order valence-corrected chi connectivity index (χ3v) is 5.08. The summed E-state index contributed by atoms with van der Waals surface area (Å²) in [5.41, 5.74) is 6.42. The Morgan fingerprint density at radius 2 is 2.06 bits per heavy atom. The molecule has 2 fully saturated rings. The molecule has 2 aliphatic heterocycles. The van der Waals surface area contributed by atoms with Crippen LogP contribution in [-0.4, -0.2) is 53.0 Å². The smallest absolute Gasteiger partial charge is 0.192 e. The quantitative estimate of drug-likeness (QED) is 0.806. The van der Waals surface area contributed by atoms with Gasteiger partial charge in [0, 0.05) is 25.2 Å². The molecule has 2 heterocycles. The molecule has 3 aliphatic rings. The van der Waals surface area contributed by atoms with Gasteiger partial charge in [-0.1, -0.05) is 12.8 Å². The molecule has 4 heteroatoms. The van der Waals surface area contributed by atoms with Gasteiger partial charge in [-0.3, -0.25) is 9.89 Å². The van der Waals surface area contributed by atoms with Crippen molar-refractivity contribution in [1.82, 2.24) is 9.80 Å². The zero-order chi connectivity index (χ0) is 12.8. The van der Waals surface area contributed by atoms with E-state index in [0.717, 1.165) is 19.0 Å². The van der Waals surface area contributed by atoms with E-state index in [-0.39, 0.29) is 5.54 Å². The summed E-state index contributed by atoms with van der Waals surface area (Å²) < 4.78 is 0. The predicted octanol–water partition coefficient (Wildman–Crippen LogP) is 1.41. The summed E-state index contributed by atoms with van der Waals surface area (Å²) in [5.74, 6) is 0.813. The predicted molar refractivity (Wildman–Crippen MR) is 74.6 cm³/mol. The van der Waals surface area contributed by atoms with E-state index in [9.17, 15) is 0 Å². The Morgan fingerprint density at radius 3 is 2.67 bits per heavy atom. The highest BCUT2D eigenvalue weighted by molar-refractivity contribution is 5.81. The van der Waals surface area contributed by atoms with Crippen LogP contribution in [0.3, 0.4) is 0 Å². The second kappa shape index (κ2) is 4.41. The summed E-state index contributed by atoms with van der Waals surface area (Å²) in [4.78, 5) is 9.67. The van der Waals surface area contributed by atoms with Crippen molar-refractivity contribution in [2.45, 2.75) is 63.6 Å². The van der Waals surface area contributed by atoms with E-state index in [4.69, 9.17) is 5.73 Å². The second-order valence-corrected chi connectivity index (χ2v) is 6.52. The molecule has 1 spiro atoms. The van der Waals surface area contributed by atoms with Crippen LogP contribution in [0.4, 0.5) is 0 Å². The zero-order valence-electron chi connectivity index (χ0n) is 11.7. The number of hydrogen-bond acceptors (Lipinski definition) is 4. The molecule has 0 amide bonds. The molecule has 0 bridgehead atoms. The van der Waals surface area contributed by atoms with Crippen molar-refractivity contribution in [3.8, 4) is 0 Å². The average Bonchev–Trinajstić information content (AvgIpc) is 3.01. The molecule has 0 radical (unpaired) electrons. The minimum absolute atomic E-state index is 0.226. The van der Waals surface area contributed by atoms with Crippen LogP contribution in [-0.2, 0) is 0 Å². The van der Waals surface area contributed by atoms with Gasteiger partial charge in [0.05, 0.1) is 12.1 Å². The molecule has 3 rings (SSSR count). The van der Waals surface area contributed by atoms with E-state index in [1.807, 2.05) is 0 Å². The number of nitrogens with zero attached hydrogens (tertiary/aromatic N) is 3. The first-order valence-electron chi connectivity index (χ1n) is 7.46. The fourth-order valence-electron chi connectivity index (χ4n) is 4.01. The Bertz CT molecular complexity index is 346. The van der Waals surface area contributed by atoms with E-state index in [1.54, 1.807) is 0 Å². The van der Waals surface area contributed by atoms with Crippen molar-refractivity contribution < 1.29 is 0 Å². The molecule has 102 valence electrons. The third-order valence-electron chi connectivity index (χ3n) is 5.08. The molecular weight excluding hydrogens is 224 g/mol. The lowest BCUT2D eigenvalue weighted by atomic mass is 9.95. The molecule has 1 aliphatic carbocycles. The molecule has 1 saturated heterocycles. The summed E-state index contributed by atoms with van der Waals surface area (Å²) in [6.07, 6.45) is 6.56. The van der Waals surface area contributed by atoms with Gasteiger partial charge in [0.2, 0.25) is 0 Å². The highest BCUT2D eigenvalue weighted by Gasteiger charge is 2.50. The highest BCUT2D eigenvalue weighted by Crippen LogP contribution is 2.38. The van der Waals surface area contributed by atoms with Crippen LogP contribution < -0.4 is 5.73 Å². The lowest BCUT2D eigenvalue weighted by Gasteiger charge is -2.40. The first kappa shape index (κ1) is 12.3. The Hall–Kier alpha value is -0.770. The molecule has 0 aromatic heterocycles. The summed E-state index contributed by atoms with van der Waals surface area (Å²) in [6.45, 7) is 7.84. The third kappa shape index (κ3) is 1.81. The van der Waals surface area contributed by atoms with Gasteiger partial charge < -0.3 is 10.6 Å². The van der Waals surface area contributed by atoms with Crippen molar-refractivity contribution >= 4 is 5.96 Å².